The highest BCUT2D eigenvalue weighted by molar-refractivity contribution is 7.09. The molecule has 0 fully saturated rings. The van der Waals surface area contributed by atoms with Crippen LogP contribution in [0.2, 0.25) is 0 Å². The number of hydrogen-bond donors (Lipinski definition) is 1. The quantitative estimate of drug-likeness (QED) is 0.865. The maximum absolute atomic E-state index is 5.06. The Bertz CT molecular complexity index is 408. The second-order valence-corrected chi connectivity index (χ2v) is 4.60. The number of rotatable bonds is 4. The smallest absolute Gasteiger partial charge is 0.321 e. The first kappa shape index (κ1) is 10.2. The lowest BCUT2D eigenvalue weighted by Gasteiger charge is -2.01. The summed E-state index contributed by atoms with van der Waals surface area (Å²) in [5.41, 5.74) is 0. The fraction of sp³-hybridized carbons (Fsp3) is 0.400. The zero-order valence-electron chi connectivity index (χ0n) is 8.73. The van der Waals surface area contributed by atoms with Gasteiger partial charge in [-0.25, -0.2) is 0 Å². The normalized spacial score (nSPS) is 10.9. The van der Waals surface area contributed by atoms with E-state index in [9.17, 15) is 0 Å². The van der Waals surface area contributed by atoms with Gasteiger partial charge in [0.15, 0.2) is 5.82 Å². The Morgan fingerprint density at radius 2 is 2.40 bits per heavy atom. The van der Waals surface area contributed by atoms with Crippen LogP contribution in [0.25, 0.3) is 0 Å². The monoisotopic (exact) mass is 223 g/mol. The summed E-state index contributed by atoms with van der Waals surface area (Å²) in [6.07, 6.45) is 0.737. The summed E-state index contributed by atoms with van der Waals surface area (Å²) in [7, 11) is 0. The molecule has 2 aromatic heterocycles. The van der Waals surface area contributed by atoms with Crippen molar-refractivity contribution in [3.05, 3.63) is 28.2 Å². The van der Waals surface area contributed by atoms with Crippen LogP contribution in [0.5, 0.6) is 0 Å². The van der Waals surface area contributed by atoms with Gasteiger partial charge in [-0.2, -0.15) is 4.98 Å². The Labute approximate surface area is 92.3 Å². The van der Waals surface area contributed by atoms with E-state index in [4.69, 9.17) is 4.52 Å². The summed E-state index contributed by atoms with van der Waals surface area (Å²) in [6.45, 7) is 4.06. The first-order valence-electron chi connectivity index (χ1n) is 4.85. The Kier molecular flexibility index (Phi) is 3.01. The lowest BCUT2D eigenvalue weighted by Crippen LogP contribution is -2.09. The first-order chi connectivity index (χ1) is 7.24. The summed E-state index contributed by atoms with van der Waals surface area (Å²) in [4.78, 5) is 5.49. The van der Waals surface area contributed by atoms with E-state index in [1.54, 1.807) is 11.3 Å². The van der Waals surface area contributed by atoms with E-state index in [0.29, 0.717) is 12.1 Å². The molecule has 0 spiro atoms. The van der Waals surface area contributed by atoms with E-state index in [0.717, 1.165) is 12.2 Å². The highest BCUT2D eigenvalue weighted by Crippen LogP contribution is 2.14. The topological polar surface area (TPSA) is 51.0 Å². The highest BCUT2D eigenvalue weighted by atomic mass is 32.1. The minimum absolute atomic E-state index is 0.306. The molecule has 0 aromatic carbocycles. The van der Waals surface area contributed by atoms with Gasteiger partial charge in [-0.15, -0.1) is 11.3 Å². The third kappa shape index (κ3) is 2.79. The summed E-state index contributed by atoms with van der Waals surface area (Å²) < 4.78 is 5.06. The van der Waals surface area contributed by atoms with Gasteiger partial charge in [0.05, 0.1) is 0 Å². The Hall–Kier alpha value is -1.36. The van der Waals surface area contributed by atoms with Crippen molar-refractivity contribution in [2.24, 2.45) is 0 Å². The molecule has 0 saturated heterocycles. The predicted molar refractivity (Wildman–Crippen MR) is 60.2 cm³/mol. The van der Waals surface area contributed by atoms with E-state index in [1.165, 1.54) is 4.88 Å². The minimum atomic E-state index is 0.306. The summed E-state index contributed by atoms with van der Waals surface area (Å²) >= 11 is 1.70. The number of anilines is 1. The third-order valence-corrected chi connectivity index (χ3v) is 2.67. The second-order valence-electron chi connectivity index (χ2n) is 3.57. The molecule has 0 amide bonds. The molecule has 2 rings (SSSR count). The van der Waals surface area contributed by atoms with Gasteiger partial charge in [0.1, 0.15) is 0 Å². The van der Waals surface area contributed by atoms with Crippen molar-refractivity contribution in [1.82, 2.24) is 10.1 Å². The van der Waals surface area contributed by atoms with Crippen molar-refractivity contribution < 1.29 is 4.52 Å². The van der Waals surface area contributed by atoms with E-state index < -0.39 is 0 Å². The molecule has 5 heteroatoms. The number of nitrogens with zero attached hydrogens (tertiary/aromatic N) is 2. The van der Waals surface area contributed by atoms with Gasteiger partial charge in [-0.05, 0) is 25.3 Å². The molecule has 80 valence electrons. The molecular weight excluding hydrogens is 210 g/mol. The number of thiophene rings is 1. The van der Waals surface area contributed by atoms with E-state index in [-0.39, 0.29) is 0 Å². The maximum Gasteiger partial charge on any atom is 0.321 e. The van der Waals surface area contributed by atoms with Crippen molar-refractivity contribution in [2.75, 3.05) is 5.32 Å². The van der Waals surface area contributed by atoms with Crippen LogP contribution in [0.4, 0.5) is 6.01 Å². The van der Waals surface area contributed by atoms with Crippen LogP contribution in [0.3, 0.4) is 0 Å². The maximum atomic E-state index is 5.06. The van der Waals surface area contributed by atoms with Gasteiger partial charge in [-0.3, -0.25) is 0 Å². The molecule has 2 heterocycles. The molecule has 0 aliphatic carbocycles. The van der Waals surface area contributed by atoms with Crippen molar-refractivity contribution in [1.29, 1.82) is 0 Å². The second kappa shape index (κ2) is 4.44. The van der Waals surface area contributed by atoms with Crippen LogP contribution in [-0.4, -0.2) is 16.2 Å². The third-order valence-electron chi connectivity index (χ3n) is 1.79. The Morgan fingerprint density at radius 1 is 1.53 bits per heavy atom. The molecule has 0 bridgehead atoms. The van der Waals surface area contributed by atoms with Crippen LogP contribution in [-0.2, 0) is 6.42 Å². The lowest BCUT2D eigenvalue weighted by atomic mass is 10.3. The summed E-state index contributed by atoms with van der Waals surface area (Å²) in [5.74, 6) is 0.723. The SMILES string of the molecule is CC(C)Nc1nc(Cc2cccs2)no1. The molecule has 4 nitrogen and oxygen atoms in total. The molecule has 2 aromatic rings. The fourth-order valence-electron chi connectivity index (χ4n) is 1.20. The number of aromatic nitrogens is 2. The van der Waals surface area contributed by atoms with Crippen molar-refractivity contribution >= 4 is 17.4 Å². The van der Waals surface area contributed by atoms with Gasteiger partial charge >= 0.3 is 6.01 Å². The minimum Gasteiger partial charge on any atom is -0.336 e. The van der Waals surface area contributed by atoms with Gasteiger partial charge in [0.25, 0.3) is 0 Å². The van der Waals surface area contributed by atoms with Crippen LogP contribution < -0.4 is 5.32 Å². The molecule has 0 saturated carbocycles. The molecule has 0 unspecified atom stereocenters. The zero-order valence-corrected chi connectivity index (χ0v) is 9.54. The Balaban J connectivity index is 2.01. The molecule has 0 aliphatic heterocycles. The first-order valence-corrected chi connectivity index (χ1v) is 5.73. The van der Waals surface area contributed by atoms with E-state index in [2.05, 4.69) is 21.5 Å². The molecule has 15 heavy (non-hydrogen) atoms. The van der Waals surface area contributed by atoms with Crippen LogP contribution >= 0.6 is 11.3 Å². The van der Waals surface area contributed by atoms with Crippen LogP contribution in [0, 0.1) is 0 Å². The molecule has 0 radical (unpaired) electrons. The standard InChI is InChI=1S/C10H13N3OS/c1-7(2)11-10-12-9(13-14-10)6-8-4-3-5-15-8/h3-5,7H,6H2,1-2H3,(H,11,12,13). The lowest BCUT2D eigenvalue weighted by molar-refractivity contribution is 0.421. The largest absolute Gasteiger partial charge is 0.336 e. The number of nitrogens with one attached hydrogen (secondary N) is 1. The molecule has 0 aliphatic rings. The van der Waals surface area contributed by atoms with Crippen molar-refractivity contribution in [3.8, 4) is 0 Å². The predicted octanol–water partition coefficient (Wildman–Crippen LogP) is 2.54. The van der Waals surface area contributed by atoms with Crippen LogP contribution in [0.15, 0.2) is 22.0 Å². The zero-order chi connectivity index (χ0) is 10.7. The summed E-state index contributed by atoms with van der Waals surface area (Å²) in [6, 6.07) is 4.89. The molecule has 1 N–H and O–H groups in total. The fourth-order valence-corrected chi connectivity index (χ4v) is 1.90. The van der Waals surface area contributed by atoms with E-state index >= 15 is 0 Å². The van der Waals surface area contributed by atoms with Gasteiger partial charge < -0.3 is 9.84 Å². The molecular formula is C10H13N3OS. The highest BCUT2D eigenvalue weighted by Gasteiger charge is 2.07. The Morgan fingerprint density at radius 3 is 3.07 bits per heavy atom. The average Bonchev–Trinajstić information content (AvgIpc) is 2.77. The summed E-state index contributed by atoms with van der Waals surface area (Å²) in [5, 5.41) is 9.01. The molecule has 0 atom stereocenters. The van der Waals surface area contributed by atoms with Gasteiger partial charge in [-0.1, -0.05) is 11.2 Å². The van der Waals surface area contributed by atoms with Gasteiger partial charge in [0.2, 0.25) is 0 Å². The van der Waals surface area contributed by atoms with Gasteiger partial charge in [0, 0.05) is 17.3 Å². The van der Waals surface area contributed by atoms with Crippen molar-refractivity contribution in [2.45, 2.75) is 26.3 Å². The van der Waals surface area contributed by atoms with E-state index in [1.807, 2.05) is 25.3 Å². The average molecular weight is 223 g/mol. The number of hydrogen-bond acceptors (Lipinski definition) is 5. The van der Waals surface area contributed by atoms with Crippen molar-refractivity contribution in [3.63, 3.8) is 0 Å². The van der Waals surface area contributed by atoms with Crippen LogP contribution in [0.1, 0.15) is 24.5 Å².